The Morgan fingerprint density at radius 1 is 1.60 bits per heavy atom. The van der Waals surface area contributed by atoms with Crippen molar-refractivity contribution in [3.63, 3.8) is 0 Å². The molecule has 0 aliphatic carbocycles. The lowest BCUT2D eigenvalue weighted by atomic mass is 10.2. The minimum absolute atomic E-state index is 0.544. The van der Waals surface area contributed by atoms with Crippen LogP contribution >= 0.6 is 0 Å². The molecule has 0 saturated heterocycles. The Hall–Kier alpha value is -1.38. The van der Waals surface area contributed by atoms with Gasteiger partial charge in [-0.25, -0.2) is 4.73 Å². The summed E-state index contributed by atoms with van der Waals surface area (Å²) in [6.07, 6.45) is 4.00. The molecule has 1 aliphatic rings. The predicted molar refractivity (Wildman–Crippen MR) is 37.3 cm³/mol. The van der Waals surface area contributed by atoms with Crippen LogP contribution in [-0.2, 0) is 6.42 Å². The fourth-order valence-electron chi connectivity index (χ4n) is 1.05. The molecule has 0 bridgehead atoms. The zero-order valence-electron chi connectivity index (χ0n) is 5.32. The zero-order chi connectivity index (χ0) is 6.97. The summed E-state index contributed by atoms with van der Waals surface area (Å²) in [5.74, 6) is 0.544. The van der Waals surface area contributed by atoms with Crippen LogP contribution in [0.2, 0.25) is 0 Å². The monoisotopic (exact) mass is 134 g/mol. The molecule has 1 aromatic rings. The van der Waals surface area contributed by atoms with Crippen LogP contribution in [0.25, 0.3) is 0 Å². The van der Waals surface area contributed by atoms with Crippen molar-refractivity contribution in [2.75, 3.05) is 0 Å². The van der Waals surface area contributed by atoms with Crippen LogP contribution in [0, 0.1) is 5.21 Å². The molecule has 0 aromatic carbocycles. The molecule has 2 heterocycles. The minimum Gasteiger partial charge on any atom is -0.710 e. The molecule has 10 heavy (non-hydrogen) atoms. The van der Waals surface area contributed by atoms with Gasteiger partial charge in [-0.1, -0.05) is 4.99 Å². The van der Waals surface area contributed by atoms with Crippen molar-refractivity contribution >= 4 is 12.0 Å². The Kier molecular flexibility index (Phi) is 0.974. The summed E-state index contributed by atoms with van der Waals surface area (Å²) < 4.78 is 0.791. The Morgan fingerprint density at radius 3 is 3.30 bits per heavy atom. The molecule has 1 aliphatic heterocycles. The lowest BCUT2D eigenvalue weighted by Crippen LogP contribution is -2.25. The van der Waals surface area contributed by atoms with Crippen LogP contribution in [0.4, 0.5) is 5.82 Å². The van der Waals surface area contributed by atoms with Gasteiger partial charge < -0.3 is 5.21 Å². The number of nitrogens with zero attached hydrogens (tertiary/aromatic N) is 2. The van der Waals surface area contributed by atoms with Crippen LogP contribution in [0.15, 0.2) is 23.3 Å². The summed E-state index contributed by atoms with van der Waals surface area (Å²) in [6, 6.07) is 3.65. The van der Waals surface area contributed by atoms with Crippen molar-refractivity contribution in [3.05, 3.63) is 29.1 Å². The highest BCUT2D eigenvalue weighted by molar-refractivity contribution is 5.72. The molecule has 0 radical (unpaired) electrons. The first kappa shape index (κ1) is 5.41. The summed E-state index contributed by atoms with van der Waals surface area (Å²) in [6.45, 7) is 0. The second-order valence-electron chi connectivity index (χ2n) is 2.20. The SMILES string of the molecule is [O-][n+]1cccc2c1N=CC2. The number of hydrogen-bond acceptors (Lipinski definition) is 2. The largest absolute Gasteiger partial charge is 0.710 e. The van der Waals surface area contributed by atoms with Crippen LogP contribution in [-0.4, -0.2) is 6.21 Å². The van der Waals surface area contributed by atoms with Gasteiger partial charge in [0.1, 0.15) is 6.21 Å². The third-order valence-corrected chi connectivity index (χ3v) is 1.54. The average molecular weight is 134 g/mol. The number of hydrogen-bond donors (Lipinski definition) is 0. The van der Waals surface area contributed by atoms with Gasteiger partial charge in [0.15, 0.2) is 0 Å². The van der Waals surface area contributed by atoms with Gasteiger partial charge >= 0.3 is 5.82 Å². The Bertz CT molecular complexity index is 294. The third-order valence-electron chi connectivity index (χ3n) is 1.54. The molecule has 0 saturated carbocycles. The fourth-order valence-corrected chi connectivity index (χ4v) is 1.05. The summed E-state index contributed by atoms with van der Waals surface area (Å²) in [4.78, 5) is 3.92. The molecular weight excluding hydrogens is 128 g/mol. The normalized spacial score (nSPS) is 13.6. The van der Waals surface area contributed by atoms with E-state index in [-0.39, 0.29) is 0 Å². The van der Waals surface area contributed by atoms with Crippen molar-refractivity contribution in [2.24, 2.45) is 4.99 Å². The van der Waals surface area contributed by atoms with Crippen LogP contribution in [0.1, 0.15) is 5.56 Å². The van der Waals surface area contributed by atoms with E-state index in [0.29, 0.717) is 5.82 Å². The van der Waals surface area contributed by atoms with Gasteiger partial charge in [-0.15, -0.1) is 0 Å². The quantitative estimate of drug-likeness (QED) is 0.378. The third kappa shape index (κ3) is 0.603. The standard InChI is InChI=1S/C7H6N2O/c10-9-5-1-2-6-3-4-8-7(6)9/h1-2,4-5H,3H2. The lowest BCUT2D eigenvalue weighted by molar-refractivity contribution is -0.591. The predicted octanol–water partition coefficient (Wildman–Crippen LogP) is 0.578. The first-order chi connectivity index (χ1) is 4.88. The van der Waals surface area contributed by atoms with E-state index in [2.05, 4.69) is 4.99 Å². The lowest BCUT2D eigenvalue weighted by Gasteiger charge is -2.01. The number of pyridine rings is 1. The second kappa shape index (κ2) is 1.80. The number of fused-ring (bicyclic) bond motifs is 1. The maximum Gasteiger partial charge on any atom is 0.329 e. The average Bonchev–Trinajstić information content (AvgIpc) is 2.36. The van der Waals surface area contributed by atoms with Gasteiger partial charge in [0, 0.05) is 6.42 Å². The molecule has 2 rings (SSSR count). The molecular formula is C7H6N2O. The van der Waals surface area contributed by atoms with Gasteiger partial charge in [0.2, 0.25) is 0 Å². The molecule has 0 amide bonds. The van der Waals surface area contributed by atoms with E-state index >= 15 is 0 Å². The van der Waals surface area contributed by atoms with Crippen molar-refractivity contribution < 1.29 is 4.73 Å². The second-order valence-corrected chi connectivity index (χ2v) is 2.20. The first-order valence-electron chi connectivity index (χ1n) is 3.11. The van der Waals surface area contributed by atoms with Crippen LogP contribution in [0.5, 0.6) is 0 Å². The van der Waals surface area contributed by atoms with E-state index in [0.717, 1.165) is 16.7 Å². The van der Waals surface area contributed by atoms with E-state index in [1.165, 1.54) is 6.20 Å². The van der Waals surface area contributed by atoms with Gasteiger partial charge in [-0.05, 0) is 12.1 Å². The molecule has 0 spiro atoms. The highest BCUT2D eigenvalue weighted by Gasteiger charge is 2.15. The van der Waals surface area contributed by atoms with Crippen molar-refractivity contribution in [1.29, 1.82) is 0 Å². The fraction of sp³-hybridized carbons (Fsp3) is 0.143. The van der Waals surface area contributed by atoms with E-state index in [4.69, 9.17) is 0 Å². The maximum atomic E-state index is 10.9. The topological polar surface area (TPSA) is 39.3 Å². The van der Waals surface area contributed by atoms with Gasteiger partial charge in [0.05, 0.1) is 11.8 Å². The Morgan fingerprint density at radius 2 is 2.50 bits per heavy atom. The molecule has 1 aromatic heterocycles. The molecule has 0 atom stereocenters. The smallest absolute Gasteiger partial charge is 0.329 e. The highest BCUT2D eigenvalue weighted by Crippen LogP contribution is 2.17. The Balaban J connectivity index is 2.67. The summed E-state index contributed by atoms with van der Waals surface area (Å²) in [5.41, 5.74) is 1.01. The van der Waals surface area contributed by atoms with Gasteiger partial charge in [-0.3, -0.25) is 0 Å². The first-order valence-corrected chi connectivity index (χ1v) is 3.11. The highest BCUT2D eigenvalue weighted by atomic mass is 16.5. The molecule has 3 heteroatoms. The zero-order valence-corrected chi connectivity index (χ0v) is 5.32. The van der Waals surface area contributed by atoms with Crippen molar-refractivity contribution in [2.45, 2.75) is 6.42 Å². The molecule has 0 unspecified atom stereocenters. The van der Waals surface area contributed by atoms with E-state index in [1.54, 1.807) is 12.3 Å². The summed E-state index contributed by atoms with van der Waals surface area (Å²) >= 11 is 0. The van der Waals surface area contributed by atoms with Gasteiger partial charge in [-0.2, -0.15) is 0 Å². The summed E-state index contributed by atoms with van der Waals surface area (Å²) in [7, 11) is 0. The molecule has 3 nitrogen and oxygen atoms in total. The number of rotatable bonds is 0. The van der Waals surface area contributed by atoms with Gasteiger partial charge in [0.25, 0.3) is 0 Å². The van der Waals surface area contributed by atoms with E-state index in [1.807, 2.05) is 6.07 Å². The Labute approximate surface area is 58.2 Å². The minimum atomic E-state index is 0.544. The van der Waals surface area contributed by atoms with Crippen LogP contribution in [0.3, 0.4) is 0 Å². The molecule has 50 valence electrons. The van der Waals surface area contributed by atoms with E-state index < -0.39 is 0 Å². The van der Waals surface area contributed by atoms with Crippen LogP contribution < -0.4 is 4.73 Å². The summed E-state index contributed by atoms with van der Waals surface area (Å²) in [5, 5.41) is 10.9. The van der Waals surface area contributed by atoms with Crippen molar-refractivity contribution in [3.8, 4) is 0 Å². The molecule has 0 fully saturated rings. The maximum absolute atomic E-state index is 10.9. The number of aromatic nitrogens is 1. The van der Waals surface area contributed by atoms with E-state index in [9.17, 15) is 5.21 Å². The number of aliphatic imine (C=N–C) groups is 1. The molecule has 0 N–H and O–H groups in total. The van der Waals surface area contributed by atoms with Crippen molar-refractivity contribution in [1.82, 2.24) is 0 Å².